The molecule has 7 atom stereocenters. The third kappa shape index (κ3) is 3.74. The van der Waals surface area contributed by atoms with E-state index in [0.29, 0.717) is 42.0 Å². The number of fused-ring (bicyclic) bond motifs is 1. The first-order valence-corrected chi connectivity index (χ1v) is 11.0. The number of oxazole rings is 1. The number of nitrogens with one attached hydrogen (secondary N) is 2. The Bertz CT molecular complexity index is 632. The summed E-state index contributed by atoms with van der Waals surface area (Å²) in [5.41, 5.74) is 0. The van der Waals surface area contributed by atoms with Gasteiger partial charge in [-0.3, -0.25) is 0 Å². The summed E-state index contributed by atoms with van der Waals surface area (Å²) in [6.45, 7) is 2.11. The maximum atomic E-state index is 6.69. The predicted molar refractivity (Wildman–Crippen MR) is 104 cm³/mol. The van der Waals surface area contributed by atoms with Gasteiger partial charge in [0.1, 0.15) is 5.76 Å². The first kappa shape index (κ1) is 17.9. The van der Waals surface area contributed by atoms with E-state index in [-0.39, 0.29) is 0 Å². The second-order valence-electron chi connectivity index (χ2n) is 8.99. The van der Waals surface area contributed by atoms with E-state index in [1.807, 2.05) is 6.20 Å². The molecule has 0 bridgehead atoms. The quantitative estimate of drug-likeness (QED) is 0.792. The van der Waals surface area contributed by atoms with Gasteiger partial charge in [-0.05, 0) is 62.8 Å². The van der Waals surface area contributed by atoms with E-state index in [1.165, 1.54) is 44.9 Å². The standard InChI is InChI=1S/C22H33N3O2/c1-2-6-16(7-3-1)27-20-9-5-4-8-17(20)15-10-18-19(21-13-23-14-26-21)12-25-22(18)24-11-15/h1-2,13-20,22,24-25H,3-12H2. The van der Waals surface area contributed by atoms with Crippen molar-refractivity contribution in [3.8, 4) is 0 Å². The zero-order chi connectivity index (χ0) is 18.1. The topological polar surface area (TPSA) is 59.3 Å². The smallest absolute Gasteiger partial charge is 0.180 e. The van der Waals surface area contributed by atoms with Gasteiger partial charge in [0.25, 0.3) is 0 Å². The van der Waals surface area contributed by atoms with Crippen LogP contribution in [-0.2, 0) is 4.74 Å². The van der Waals surface area contributed by atoms with Crippen LogP contribution in [0, 0.1) is 17.8 Å². The largest absolute Gasteiger partial charge is 0.448 e. The summed E-state index contributed by atoms with van der Waals surface area (Å²) in [7, 11) is 0. The molecule has 4 aliphatic rings. The molecule has 2 aliphatic heterocycles. The SMILES string of the molecule is C1=CCC(OC2CCCCC2C2CNC3NCC(c4cnco4)C3C2)CC1. The molecule has 148 valence electrons. The Kier molecular flexibility index (Phi) is 5.34. The molecule has 3 heterocycles. The van der Waals surface area contributed by atoms with Crippen molar-refractivity contribution in [3.05, 3.63) is 30.5 Å². The van der Waals surface area contributed by atoms with Gasteiger partial charge in [-0.15, -0.1) is 0 Å². The molecular formula is C22H33N3O2. The number of ether oxygens (including phenoxy) is 1. The van der Waals surface area contributed by atoms with Crippen LogP contribution < -0.4 is 10.6 Å². The fourth-order valence-electron chi connectivity index (χ4n) is 6.04. The second kappa shape index (κ2) is 8.06. The highest BCUT2D eigenvalue weighted by Crippen LogP contribution is 2.43. The van der Waals surface area contributed by atoms with Gasteiger partial charge in [-0.25, -0.2) is 4.98 Å². The lowest BCUT2D eigenvalue weighted by Gasteiger charge is -2.44. The minimum absolute atomic E-state index is 0.419. The highest BCUT2D eigenvalue weighted by atomic mass is 16.5. The minimum atomic E-state index is 0.419. The molecule has 0 spiro atoms. The Morgan fingerprint density at radius 3 is 2.81 bits per heavy atom. The van der Waals surface area contributed by atoms with Crippen molar-refractivity contribution in [3.63, 3.8) is 0 Å². The fraction of sp³-hybridized carbons (Fsp3) is 0.773. The van der Waals surface area contributed by atoms with Crippen LogP contribution >= 0.6 is 0 Å². The van der Waals surface area contributed by atoms with Crippen LogP contribution in [0.1, 0.15) is 63.0 Å². The van der Waals surface area contributed by atoms with E-state index in [2.05, 4.69) is 27.8 Å². The molecule has 0 amide bonds. The molecule has 1 saturated carbocycles. The normalized spacial score (nSPS) is 42.1. The van der Waals surface area contributed by atoms with Gasteiger partial charge in [0.15, 0.2) is 6.39 Å². The molecule has 2 aliphatic carbocycles. The number of aromatic nitrogens is 1. The summed E-state index contributed by atoms with van der Waals surface area (Å²) < 4.78 is 12.3. The first-order valence-electron chi connectivity index (χ1n) is 11.0. The highest BCUT2D eigenvalue weighted by molar-refractivity contribution is 5.10. The first-order chi connectivity index (χ1) is 13.4. The Morgan fingerprint density at radius 2 is 1.96 bits per heavy atom. The molecule has 5 heteroatoms. The van der Waals surface area contributed by atoms with Crippen LogP contribution in [0.5, 0.6) is 0 Å². The van der Waals surface area contributed by atoms with Crippen LogP contribution in [0.2, 0.25) is 0 Å². The van der Waals surface area contributed by atoms with E-state index in [1.54, 1.807) is 6.39 Å². The molecule has 1 aromatic rings. The molecule has 0 radical (unpaired) electrons. The zero-order valence-corrected chi connectivity index (χ0v) is 16.2. The van der Waals surface area contributed by atoms with Gasteiger partial charge in [0.05, 0.1) is 24.6 Å². The lowest BCUT2D eigenvalue weighted by atomic mass is 9.70. The summed E-state index contributed by atoms with van der Waals surface area (Å²) >= 11 is 0. The zero-order valence-electron chi connectivity index (χ0n) is 16.2. The van der Waals surface area contributed by atoms with Crippen LogP contribution in [0.15, 0.2) is 29.2 Å². The summed E-state index contributed by atoms with van der Waals surface area (Å²) in [6, 6.07) is 0. The molecule has 2 saturated heterocycles. The van der Waals surface area contributed by atoms with Crippen molar-refractivity contribution < 1.29 is 9.15 Å². The van der Waals surface area contributed by atoms with E-state index < -0.39 is 0 Å². The average molecular weight is 372 g/mol. The average Bonchev–Trinajstić information content (AvgIpc) is 3.38. The van der Waals surface area contributed by atoms with E-state index in [4.69, 9.17) is 9.15 Å². The number of rotatable bonds is 4. The third-order valence-corrected chi connectivity index (χ3v) is 7.44. The maximum Gasteiger partial charge on any atom is 0.180 e. The van der Waals surface area contributed by atoms with Gasteiger partial charge >= 0.3 is 0 Å². The number of hydrogen-bond acceptors (Lipinski definition) is 5. The van der Waals surface area contributed by atoms with Gasteiger partial charge in [-0.1, -0.05) is 25.0 Å². The van der Waals surface area contributed by atoms with Gasteiger partial charge in [0, 0.05) is 12.5 Å². The second-order valence-corrected chi connectivity index (χ2v) is 8.99. The predicted octanol–water partition coefficient (Wildman–Crippen LogP) is 3.60. The van der Waals surface area contributed by atoms with Gasteiger partial charge in [0.2, 0.25) is 0 Å². The van der Waals surface area contributed by atoms with Crippen LogP contribution in [0.3, 0.4) is 0 Å². The maximum absolute atomic E-state index is 6.69. The summed E-state index contributed by atoms with van der Waals surface area (Å²) in [5, 5.41) is 7.46. The van der Waals surface area contributed by atoms with Crippen LogP contribution in [0.25, 0.3) is 0 Å². The van der Waals surface area contributed by atoms with Gasteiger partial charge < -0.3 is 19.8 Å². The van der Waals surface area contributed by atoms with Crippen molar-refractivity contribution in [2.75, 3.05) is 13.1 Å². The molecule has 0 aromatic carbocycles. The minimum Gasteiger partial charge on any atom is -0.448 e. The molecule has 2 N–H and O–H groups in total. The summed E-state index contributed by atoms with van der Waals surface area (Å²) in [6.07, 6.45) is 19.4. The number of hydrogen-bond donors (Lipinski definition) is 2. The van der Waals surface area contributed by atoms with Crippen molar-refractivity contribution >= 4 is 0 Å². The summed E-state index contributed by atoms with van der Waals surface area (Å²) in [4.78, 5) is 4.15. The molecule has 7 unspecified atom stereocenters. The Morgan fingerprint density at radius 1 is 1.04 bits per heavy atom. The Balaban J connectivity index is 1.27. The molecule has 5 rings (SSSR count). The van der Waals surface area contributed by atoms with Crippen LogP contribution in [-0.4, -0.2) is 36.4 Å². The molecule has 5 nitrogen and oxygen atoms in total. The van der Waals surface area contributed by atoms with Crippen molar-refractivity contribution in [2.45, 2.75) is 75.7 Å². The fourth-order valence-corrected chi connectivity index (χ4v) is 6.04. The van der Waals surface area contributed by atoms with Crippen molar-refractivity contribution in [1.82, 2.24) is 15.6 Å². The molecule has 3 fully saturated rings. The lowest BCUT2D eigenvalue weighted by Crippen LogP contribution is -2.52. The number of piperidine rings is 1. The van der Waals surface area contributed by atoms with Crippen molar-refractivity contribution in [1.29, 1.82) is 0 Å². The number of allylic oxidation sites excluding steroid dienone is 1. The Labute approximate surface area is 162 Å². The molecule has 1 aromatic heterocycles. The number of nitrogens with zero attached hydrogens (tertiary/aromatic N) is 1. The molecular weight excluding hydrogens is 338 g/mol. The van der Waals surface area contributed by atoms with E-state index in [0.717, 1.165) is 25.3 Å². The lowest BCUT2D eigenvalue weighted by molar-refractivity contribution is -0.0822. The third-order valence-electron chi connectivity index (χ3n) is 7.44. The molecule has 27 heavy (non-hydrogen) atoms. The Hall–Kier alpha value is -1.17. The highest BCUT2D eigenvalue weighted by Gasteiger charge is 2.45. The summed E-state index contributed by atoms with van der Waals surface area (Å²) in [5.74, 6) is 3.49. The van der Waals surface area contributed by atoms with E-state index in [9.17, 15) is 0 Å². The van der Waals surface area contributed by atoms with Gasteiger partial charge in [-0.2, -0.15) is 0 Å². The monoisotopic (exact) mass is 371 g/mol. The van der Waals surface area contributed by atoms with Crippen LogP contribution in [0.4, 0.5) is 0 Å². The van der Waals surface area contributed by atoms with Crippen molar-refractivity contribution in [2.24, 2.45) is 17.8 Å². The van der Waals surface area contributed by atoms with E-state index >= 15 is 0 Å².